The fourth-order valence-corrected chi connectivity index (χ4v) is 1.77. The standard InChI is InChI=1S/C17H16FN3O2/c1-2-16(22)20-15-5-3-4-13(10-15)17(23)21-19-11-12-6-8-14(18)9-7-12/h3-11H,2H2,1H3,(H,20,22)(H,21,23)/b19-11+. The topological polar surface area (TPSA) is 70.6 Å². The molecule has 2 aromatic carbocycles. The first-order chi connectivity index (χ1) is 11.1. The highest BCUT2D eigenvalue weighted by atomic mass is 19.1. The van der Waals surface area contributed by atoms with Crippen LogP contribution >= 0.6 is 0 Å². The second kappa shape index (κ2) is 7.84. The van der Waals surface area contributed by atoms with Crippen molar-refractivity contribution in [2.45, 2.75) is 13.3 Å². The molecule has 2 N–H and O–H groups in total. The summed E-state index contributed by atoms with van der Waals surface area (Å²) in [6, 6.07) is 12.3. The molecule has 0 radical (unpaired) electrons. The minimum atomic E-state index is -0.407. The van der Waals surface area contributed by atoms with Crippen molar-refractivity contribution < 1.29 is 14.0 Å². The number of hydrazone groups is 1. The van der Waals surface area contributed by atoms with Gasteiger partial charge in [0.25, 0.3) is 5.91 Å². The summed E-state index contributed by atoms with van der Waals surface area (Å²) >= 11 is 0. The van der Waals surface area contributed by atoms with Gasteiger partial charge in [-0.25, -0.2) is 9.82 Å². The normalized spacial score (nSPS) is 10.5. The van der Waals surface area contributed by atoms with E-state index in [9.17, 15) is 14.0 Å². The highest BCUT2D eigenvalue weighted by Gasteiger charge is 2.06. The minimum absolute atomic E-state index is 0.128. The molecule has 0 atom stereocenters. The maximum Gasteiger partial charge on any atom is 0.271 e. The Bertz CT molecular complexity index is 727. The number of rotatable bonds is 5. The maximum atomic E-state index is 12.8. The summed E-state index contributed by atoms with van der Waals surface area (Å²) < 4.78 is 12.8. The quantitative estimate of drug-likeness (QED) is 0.658. The summed E-state index contributed by atoms with van der Waals surface area (Å²) in [6.45, 7) is 1.75. The van der Waals surface area contributed by atoms with Gasteiger partial charge in [-0.05, 0) is 35.9 Å². The van der Waals surface area contributed by atoms with E-state index in [-0.39, 0.29) is 11.7 Å². The van der Waals surface area contributed by atoms with Crippen LogP contribution in [0.15, 0.2) is 53.6 Å². The van der Waals surface area contributed by atoms with Gasteiger partial charge in [0.2, 0.25) is 5.91 Å². The van der Waals surface area contributed by atoms with Crippen molar-refractivity contribution in [3.8, 4) is 0 Å². The predicted octanol–water partition coefficient (Wildman–Crippen LogP) is 2.94. The summed E-state index contributed by atoms with van der Waals surface area (Å²) in [6.07, 6.45) is 1.78. The van der Waals surface area contributed by atoms with Gasteiger partial charge < -0.3 is 5.32 Å². The zero-order chi connectivity index (χ0) is 16.7. The second-order valence-electron chi connectivity index (χ2n) is 4.73. The lowest BCUT2D eigenvalue weighted by Gasteiger charge is -2.05. The smallest absolute Gasteiger partial charge is 0.271 e. The highest BCUT2D eigenvalue weighted by molar-refractivity contribution is 5.97. The van der Waals surface area contributed by atoms with Crippen molar-refractivity contribution in [1.29, 1.82) is 0 Å². The van der Waals surface area contributed by atoms with E-state index >= 15 is 0 Å². The van der Waals surface area contributed by atoms with E-state index in [1.165, 1.54) is 18.3 Å². The molecule has 2 amide bonds. The molecular formula is C17H16FN3O2. The minimum Gasteiger partial charge on any atom is -0.326 e. The molecule has 0 saturated heterocycles. The summed E-state index contributed by atoms with van der Waals surface area (Å²) in [5.74, 6) is -0.870. The largest absolute Gasteiger partial charge is 0.326 e. The van der Waals surface area contributed by atoms with Crippen LogP contribution < -0.4 is 10.7 Å². The molecule has 5 nitrogen and oxygen atoms in total. The van der Waals surface area contributed by atoms with E-state index in [2.05, 4.69) is 15.8 Å². The van der Waals surface area contributed by atoms with Gasteiger partial charge in [-0.1, -0.05) is 25.1 Å². The lowest BCUT2D eigenvalue weighted by molar-refractivity contribution is -0.115. The van der Waals surface area contributed by atoms with Crippen molar-refractivity contribution in [2.75, 3.05) is 5.32 Å². The Kier molecular flexibility index (Phi) is 5.57. The Morgan fingerprint density at radius 3 is 2.61 bits per heavy atom. The average molecular weight is 313 g/mol. The first-order valence-corrected chi connectivity index (χ1v) is 7.07. The number of amides is 2. The summed E-state index contributed by atoms with van der Waals surface area (Å²) in [4.78, 5) is 23.4. The molecule has 2 rings (SSSR count). The Balaban J connectivity index is 1.99. The zero-order valence-electron chi connectivity index (χ0n) is 12.5. The number of carbonyl (C=O) groups excluding carboxylic acids is 2. The van der Waals surface area contributed by atoms with Crippen LogP contribution in [0.5, 0.6) is 0 Å². The molecule has 0 aromatic heterocycles. The molecule has 23 heavy (non-hydrogen) atoms. The number of anilines is 1. The van der Waals surface area contributed by atoms with Crippen LogP contribution in [0.25, 0.3) is 0 Å². The van der Waals surface area contributed by atoms with E-state index in [1.807, 2.05) is 0 Å². The van der Waals surface area contributed by atoms with Crippen molar-refractivity contribution in [2.24, 2.45) is 5.10 Å². The van der Waals surface area contributed by atoms with Gasteiger partial charge in [-0.3, -0.25) is 9.59 Å². The Morgan fingerprint density at radius 2 is 1.91 bits per heavy atom. The van der Waals surface area contributed by atoms with Crippen LogP contribution in [0.1, 0.15) is 29.3 Å². The fourth-order valence-electron chi connectivity index (χ4n) is 1.77. The first kappa shape index (κ1) is 16.4. The molecule has 6 heteroatoms. The number of hydrogen-bond acceptors (Lipinski definition) is 3. The monoisotopic (exact) mass is 313 g/mol. The number of nitrogens with one attached hydrogen (secondary N) is 2. The summed E-state index contributed by atoms with van der Waals surface area (Å²) in [5, 5.41) is 6.50. The maximum absolute atomic E-state index is 12.8. The van der Waals surface area contributed by atoms with E-state index in [0.29, 0.717) is 23.2 Å². The molecule has 0 fully saturated rings. The molecule has 0 aliphatic carbocycles. The summed E-state index contributed by atoms with van der Waals surface area (Å²) in [5.41, 5.74) is 3.96. The third kappa shape index (κ3) is 5.03. The van der Waals surface area contributed by atoms with Crippen LogP contribution in [0.2, 0.25) is 0 Å². The Labute approximate surface area is 133 Å². The lowest BCUT2D eigenvalue weighted by atomic mass is 10.2. The number of benzene rings is 2. The Morgan fingerprint density at radius 1 is 1.17 bits per heavy atom. The molecule has 0 bridgehead atoms. The number of hydrogen-bond donors (Lipinski definition) is 2. The van der Waals surface area contributed by atoms with Gasteiger partial charge >= 0.3 is 0 Å². The van der Waals surface area contributed by atoms with E-state index in [4.69, 9.17) is 0 Å². The molecular weight excluding hydrogens is 297 g/mol. The van der Waals surface area contributed by atoms with Crippen LogP contribution in [-0.2, 0) is 4.79 Å². The molecule has 118 valence electrons. The molecule has 2 aromatic rings. The highest BCUT2D eigenvalue weighted by Crippen LogP contribution is 2.11. The van der Waals surface area contributed by atoms with Gasteiger partial charge in [0, 0.05) is 17.7 Å². The molecule has 0 aliphatic rings. The van der Waals surface area contributed by atoms with Crippen LogP contribution in [0, 0.1) is 5.82 Å². The summed E-state index contributed by atoms with van der Waals surface area (Å²) in [7, 11) is 0. The molecule has 0 saturated carbocycles. The van der Waals surface area contributed by atoms with Crippen LogP contribution in [0.4, 0.5) is 10.1 Å². The predicted molar refractivity (Wildman–Crippen MR) is 86.8 cm³/mol. The van der Waals surface area contributed by atoms with Gasteiger partial charge in [0.05, 0.1) is 6.21 Å². The van der Waals surface area contributed by atoms with Crippen molar-refractivity contribution >= 4 is 23.7 Å². The van der Waals surface area contributed by atoms with Gasteiger partial charge in [0.1, 0.15) is 5.82 Å². The average Bonchev–Trinajstić information content (AvgIpc) is 2.56. The molecule has 0 unspecified atom stereocenters. The third-order valence-electron chi connectivity index (χ3n) is 2.98. The van der Waals surface area contributed by atoms with E-state index in [0.717, 1.165) is 0 Å². The zero-order valence-corrected chi connectivity index (χ0v) is 12.5. The third-order valence-corrected chi connectivity index (χ3v) is 2.98. The number of nitrogens with zero attached hydrogens (tertiary/aromatic N) is 1. The van der Waals surface area contributed by atoms with Crippen LogP contribution in [0.3, 0.4) is 0 Å². The van der Waals surface area contributed by atoms with Gasteiger partial charge in [0.15, 0.2) is 0 Å². The van der Waals surface area contributed by atoms with E-state index in [1.54, 1.807) is 43.3 Å². The molecule has 0 heterocycles. The van der Waals surface area contributed by atoms with E-state index < -0.39 is 5.91 Å². The fraction of sp³-hybridized carbons (Fsp3) is 0.118. The molecule has 0 spiro atoms. The van der Waals surface area contributed by atoms with Gasteiger partial charge in [-0.2, -0.15) is 5.10 Å². The lowest BCUT2D eigenvalue weighted by Crippen LogP contribution is -2.18. The van der Waals surface area contributed by atoms with Crippen molar-refractivity contribution in [1.82, 2.24) is 5.43 Å². The number of halogens is 1. The SMILES string of the molecule is CCC(=O)Nc1cccc(C(=O)N/N=C/c2ccc(F)cc2)c1. The second-order valence-corrected chi connectivity index (χ2v) is 4.73. The van der Waals surface area contributed by atoms with Crippen molar-refractivity contribution in [3.05, 3.63) is 65.5 Å². The number of carbonyl (C=O) groups is 2. The van der Waals surface area contributed by atoms with Gasteiger partial charge in [-0.15, -0.1) is 0 Å². The first-order valence-electron chi connectivity index (χ1n) is 7.07. The Hall–Kier alpha value is -3.02. The van der Waals surface area contributed by atoms with Crippen molar-refractivity contribution in [3.63, 3.8) is 0 Å². The molecule has 0 aliphatic heterocycles. The van der Waals surface area contributed by atoms with Crippen LogP contribution in [-0.4, -0.2) is 18.0 Å².